The number of benzene rings is 2. The molecule has 1 saturated heterocycles. The first-order valence-corrected chi connectivity index (χ1v) is 21.7. The Morgan fingerprint density at radius 3 is 2.06 bits per heavy atom. The van der Waals surface area contributed by atoms with Gasteiger partial charge in [-0.25, -0.2) is 0 Å². The number of unbranched alkanes of at least 4 members (excludes halogenated alkanes) is 5. The topological polar surface area (TPSA) is 77.4 Å². The first-order chi connectivity index (χ1) is 25.8. The Morgan fingerprint density at radius 2 is 1.36 bits per heavy atom. The highest BCUT2D eigenvalue weighted by molar-refractivity contribution is 5.15. The lowest BCUT2D eigenvalue weighted by molar-refractivity contribution is -0.332. The summed E-state index contributed by atoms with van der Waals surface area (Å²) in [6.45, 7) is 8.02. The number of aliphatic hydroxyl groups excluding tert-OH is 2. The molecule has 0 radical (unpaired) electrons. The van der Waals surface area contributed by atoms with Gasteiger partial charge in [-0.15, -0.1) is 0 Å². The fraction of sp³-hybridized carbons (Fsp3) is 0.745. The average molecular weight is 731 g/mol. The summed E-state index contributed by atoms with van der Waals surface area (Å²) in [4.78, 5) is 0. The van der Waals surface area contributed by atoms with Crippen molar-refractivity contribution in [1.29, 1.82) is 0 Å². The van der Waals surface area contributed by atoms with Gasteiger partial charge in [0.15, 0.2) is 6.29 Å². The summed E-state index contributed by atoms with van der Waals surface area (Å²) in [5.41, 5.74) is 2.97. The molecule has 5 aliphatic rings. The molecule has 2 aromatic carbocycles. The van der Waals surface area contributed by atoms with E-state index in [-0.39, 0.29) is 12.7 Å². The van der Waals surface area contributed by atoms with Crippen LogP contribution in [0.2, 0.25) is 0 Å². The summed E-state index contributed by atoms with van der Waals surface area (Å²) in [5, 5.41) is 21.8. The molecule has 6 heteroatoms. The van der Waals surface area contributed by atoms with Crippen LogP contribution in [0, 0.1) is 40.4 Å². The Balaban J connectivity index is 1.00. The lowest BCUT2D eigenvalue weighted by Gasteiger charge is -2.61. The van der Waals surface area contributed by atoms with Gasteiger partial charge in [0, 0.05) is 0 Å². The maximum atomic E-state index is 11.4. The van der Waals surface area contributed by atoms with E-state index in [0.29, 0.717) is 30.0 Å². The second kappa shape index (κ2) is 18.0. The van der Waals surface area contributed by atoms with Crippen LogP contribution in [0.25, 0.3) is 0 Å². The van der Waals surface area contributed by atoms with E-state index in [1.807, 2.05) is 60.7 Å². The van der Waals surface area contributed by atoms with E-state index >= 15 is 0 Å². The Hall–Kier alpha value is -1.80. The van der Waals surface area contributed by atoms with Gasteiger partial charge in [0.25, 0.3) is 0 Å². The second-order valence-corrected chi connectivity index (χ2v) is 18.3. The van der Waals surface area contributed by atoms with Gasteiger partial charge in [-0.1, -0.05) is 120 Å². The van der Waals surface area contributed by atoms with Crippen molar-refractivity contribution >= 4 is 0 Å². The van der Waals surface area contributed by atoms with Crippen molar-refractivity contribution in [3.8, 4) is 0 Å². The fourth-order valence-corrected chi connectivity index (χ4v) is 12.3. The van der Waals surface area contributed by atoms with E-state index in [1.165, 1.54) is 89.9 Å². The molecule has 1 aliphatic heterocycles. The molecule has 4 aliphatic carbocycles. The van der Waals surface area contributed by atoms with Crippen molar-refractivity contribution in [3.05, 3.63) is 71.8 Å². The predicted molar refractivity (Wildman–Crippen MR) is 210 cm³/mol. The number of fused-ring (bicyclic) bond motifs is 5. The lowest BCUT2D eigenvalue weighted by Crippen LogP contribution is -2.61. The Labute approximate surface area is 320 Å². The van der Waals surface area contributed by atoms with E-state index in [1.54, 1.807) is 0 Å². The number of hydrogen-bond acceptors (Lipinski definition) is 6. The van der Waals surface area contributed by atoms with Crippen molar-refractivity contribution in [3.63, 3.8) is 0 Å². The summed E-state index contributed by atoms with van der Waals surface area (Å²) in [7, 11) is 0. The Morgan fingerprint density at radius 1 is 0.717 bits per heavy atom. The van der Waals surface area contributed by atoms with Crippen molar-refractivity contribution < 1.29 is 29.2 Å². The van der Waals surface area contributed by atoms with Crippen LogP contribution in [0.4, 0.5) is 0 Å². The van der Waals surface area contributed by atoms with Gasteiger partial charge in [-0.05, 0) is 116 Å². The summed E-state index contributed by atoms with van der Waals surface area (Å²) in [5.74, 6) is 4.19. The van der Waals surface area contributed by atoms with E-state index in [0.717, 1.165) is 47.6 Å². The minimum Gasteiger partial charge on any atom is -0.394 e. The van der Waals surface area contributed by atoms with E-state index in [9.17, 15) is 10.2 Å². The van der Waals surface area contributed by atoms with Gasteiger partial charge >= 0.3 is 0 Å². The normalized spacial score (nSPS) is 39.6. The van der Waals surface area contributed by atoms with E-state index in [2.05, 4.69) is 20.8 Å². The predicted octanol–water partition coefficient (Wildman–Crippen LogP) is 10.0. The molecule has 7 rings (SSSR count). The zero-order valence-corrected chi connectivity index (χ0v) is 33.1. The van der Waals surface area contributed by atoms with Crippen LogP contribution in [0.15, 0.2) is 60.7 Å². The molecule has 0 spiro atoms. The van der Waals surface area contributed by atoms with E-state index < -0.39 is 30.7 Å². The molecule has 53 heavy (non-hydrogen) atoms. The number of aliphatic hydroxyl groups is 2. The highest BCUT2D eigenvalue weighted by Gasteiger charge is 2.60. The van der Waals surface area contributed by atoms with Crippen LogP contribution in [0.5, 0.6) is 0 Å². The van der Waals surface area contributed by atoms with Crippen LogP contribution < -0.4 is 0 Å². The van der Waals surface area contributed by atoms with Crippen LogP contribution in [-0.4, -0.2) is 53.6 Å². The maximum absolute atomic E-state index is 11.4. The molecule has 7 unspecified atom stereocenters. The van der Waals surface area contributed by atoms with Crippen LogP contribution in [0.1, 0.15) is 135 Å². The minimum absolute atomic E-state index is 0.0452. The molecule has 2 N–H and O–H groups in total. The third kappa shape index (κ3) is 8.64. The maximum Gasteiger partial charge on any atom is 0.187 e. The Kier molecular flexibility index (Phi) is 13.4. The quantitative estimate of drug-likeness (QED) is 0.132. The number of rotatable bonds is 16. The molecule has 6 nitrogen and oxygen atoms in total. The molecule has 0 bridgehead atoms. The first-order valence-electron chi connectivity index (χ1n) is 21.7. The third-order valence-corrected chi connectivity index (χ3v) is 15.4. The first kappa shape index (κ1) is 39.4. The smallest absolute Gasteiger partial charge is 0.187 e. The molecule has 2 aromatic rings. The Bertz CT molecular complexity index is 1390. The van der Waals surface area contributed by atoms with E-state index in [4.69, 9.17) is 18.9 Å². The lowest BCUT2D eigenvalue weighted by atomic mass is 9.44. The zero-order chi connectivity index (χ0) is 36.8. The third-order valence-electron chi connectivity index (χ3n) is 15.4. The summed E-state index contributed by atoms with van der Waals surface area (Å²) in [6.07, 6.45) is 17.6. The van der Waals surface area contributed by atoms with Gasteiger partial charge < -0.3 is 29.2 Å². The number of hydrogen-bond donors (Lipinski definition) is 2. The molecule has 13 atom stereocenters. The van der Waals surface area contributed by atoms with Crippen molar-refractivity contribution in [1.82, 2.24) is 0 Å². The number of ether oxygens (including phenoxy) is 4. The standard InChI is InChI=1S/C47H70O6/c1-4-5-6-7-8-15-20-35-22-24-39-38-23-21-36-29-37(25-27-47(36,3)40(38)26-28-46(35,39)2)52-45-44(51-32-34-18-13-10-14-19-34)43(42(49)41(30-48)53-45)50-31-33-16-11-9-12-17-33/h9-14,16-19,35-45,48-49H,4-8,15,20-32H2,1-3H3/t35-,36?,37?,38?,39?,40?,41?,42+,43-,44?,45+,46+,47-/m0/s1. The molecule has 5 fully saturated rings. The summed E-state index contributed by atoms with van der Waals surface area (Å²) >= 11 is 0. The van der Waals surface area contributed by atoms with Gasteiger partial charge in [-0.3, -0.25) is 0 Å². The summed E-state index contributed by atoms with van der Waals surface area (Å²) < 4.78 is 26.3. The van der Waals surface area contributed by atoms with Gasteiger partial charge in [0.05, 0.1) is 25.9 Å². The molecular weight excluding hydrogens is 661 g/mol. The molecule has 294 valence electrons. The fourth-order valence-electron chi connectivity index (χ4n) is 12.3. The van der Waals surface area contributed by atoms with Gasteiger partial charge in [0.1, 0.15) is 24.4 Å². The van der Waals surface area contributed by atoms with Crippen LogP contribution in [0.3, 0.4) is 0 Å². The molecular formula is C47H70O6. The van der Waals surface area contributed by atoms with Crippen LogP contribution >= 0.6 is 0 Å². The van der Waals surface area contributed by atoms with Gasteiger partial charge in [0.2, 0.25) is 0 Å². The summed E-state index contributed by atoms with van der Waals surface area (Å²) in [6, 6.07) is 20.1. The monoisotopic (exact) mass is 731 g/mol. The molecule has 4 saturated carbocycles. The van der Waals surface area contributed by atoms with Crippen molar-refractivity contribution in [2.45, 2.75) is 174 Å². The molecule has 0 aromatic heterocycles. The zero-order valence-electron chi connectivity index (χ0n) is 33.1. The van der Waals surface area contributed by atoms with Crippen molar-refractivity contribution in [2.24, 2.45) is 40.4 Å². The van der Waals surface area contributed by atoms with Gasteiger partial charge in [-0.2, -0.15) is 0 Å². The second-order valence-electron chi connectivity index (χ2n) is 18.3. The average Bonchev–Trinajstić information content (AvgIpc) is 3.52. The minimum atomic E-state index is -1.05. The van der Waals surface area contributed by atoms with Crippen LogP contribution in [-0.2, 0) is 32.2 Å². The molecule has 0 amide bonds. The largest absolute Gasteiger partial charge is 0.394 e. The van der Waals surface area contributed by atoms with Crippen molar-refractivity contribution in [2.75, 3.05) is 6.61 Å². The SMILES string of the molecule is CCCCCCCC[C@H]1CCC2C3CCC4CC(O[C@@H]5OC(CO)[C@@H](O)[C@H](OCc6ccccc6)C5OCc5ccccc5)CC[C@]4(C)C3CC[C@@]21C. The highest BCUT2D eigenvalue weighted by Crippen LogP contribution is 2.68. The highest BCUT2D eigenvalue weighted by atomic mass is 16.7. The molecule has 1 heterocycles.